The second-order valence-electron chi connectivity index (χ2n) is 9.12. The summed E-state index contributed by atoms with van der Waals surface area (Å²) in [6, 6.07) is 9.02. The van der Waals surface area contributed by atoms with Gasteiger partial charge >= 0.3 is 6.09 Å². The number of carbonyl (C=O) groups excluding carboxylic acids is 2. The molecule has 2 amide bonds. The van der Waals surface area contributed by atoms with Gasteiger partial charge in [-0.15, -0.1) is 0 Å². The molecular weight excluding hydrogens is 444 g/mol. The fourth-order valence-corrected chi connectivity index (χ4v) is 4.65. The molecule has 186 valence electrons. The van der Waals surface area contributed by atoms with Crippen molar-refractivity contribution < 1.29 is 14.3 Å². The first-order valence-electron chi connectivity index (χ1n) is 12.2. The molecule has 1 saturated heterocycles. The second kappa shape index (κ2) is 10.9. The maximum Gasteiger partial charge on any atom is 0.415 e. The molecule has 2 aliphatic heterocycles. The van der Waals surface area contributed by atoms with Crippen LogP contribution in [0.2, 0.25) is 0 Å². The summed E-state index contributed by atoms with van der Waals surface area (Å²) in [6.45, 7) is 10.6. The first-order chi connectivity index (χ1) is 16.9. The Morgan fingerprint density at radius 2 is 2.03 bits per heavy atom. The molecule has 0 aliphatic carbocycles. The van der Waals surface area contributed by atoms with E-state index in [9.17, 15) is 9.59 Å². The van der Waals surface area contributed by atoms with E-state index in [1.165, 1.54) is 16.5 Å². The van der Waals surface area contributed by atoms with Crippen LogP contribution in [-0.2, 0) is 22.7 Å². The van der Waals surface area contributed by atoms with E-state index in [-0.39, 0.29) is 24.6 Å². The lowest BCUT2D eigenvalue weighted by atomic mass is 10.0. The predicted molar refractivity (Wildman–Crippen MR) is 135 cm³/mol. The Morgan fingerprint density at radius 3 is 2.69 bits per heavy atom. The number of nitrogens with one attached hydrogen (secondary N) is 1. The summed E-state index contributed by atoms with van der Waals surface area (Å²) >= 11 is 0. The Balaban J connectivity index is 1.33. The highest BCUT2D eigenvalue weighted by Gasteiger charge is 2.27. The van der Waals surface area contributed by atoms with Crippen molar-refractivity contribution in [1.29, 1.82) is 0 Å². The van der Waals surface area contributed by atoms with Gasteiger partial charge in [0.05, 0.1) is 11.6 Å². The summed E-state index contributed by atoms with van der Waals surface area (Å²) in [5, 5.41) is 3.35. The van der Waals surface area contributed by atoms with Crippen LogP contribution in [0, 0.1) is 0 Å². The highest BCUT2D eigenvalue weighted by molar-refractivity contribution is 5.89. The van der Waals surface area contributed by atoms with E-state index in [4.69, 9.17) is 4.74 Å². The van der Waals surface area contributed by atoms with Crippen LogP contribution in [0.5, 0.6) is 0 Å². The summed E-state index contributed by atoms with van der Waals surface area (Å²) in [7, 11) is 2.15. The van der Waals surface area contributed by atoms with E-state index in [0.717, 1.165) is 43.6 Å². The topological polar surface area (TPSA) is 90.9 Å². The smallest absolute Gasteiger partial charge is 0.415 e. The minimum atomic E-state index is -0.380. The fraction of sp³-hybridized carbons (Fsp3) is 0.462. The summed E-state index contributed by atoms with van der Waals surface area (Å²) in [5.41, 5.74) is 3.17. The quantitative estimate of drug-likeness (QED) is 0.578. The lowest BCUT2D eigenvalue weighted by Gasteiger charge is -2.36. The molecule has 1 fully saturated rings. The lowest BCUT2D eigenvalue weighted by Crippen LogP contribution is -2.44. The van der Waals surface area contributed by atoms with Gasteiger partial charge in [0.15, 0.2) is 0 Å². The number of anilines is 2. The molecule has 35 heavy (non-hydrogen) atoms. The van der Waals surface area contributed by atoms with Crippen molar-refractivity contribution in [2.24, 2.45) is 0 Å². The van der Waals surface area contributed by atoms with E-state index >= 15 is 0 Å². The van der Waals surface area contributed by atoms with Crippen LogP contribution in [0.3, 0.4) is 0 Å². The SMILES string of the molecule is C=CC(=O)N1CCC(N(C)Cc2ccc(C(C)Nc3ncc4c(n3)N(CC)C(=O)OC4)cc2)CC1. The Hall–Kier alpha value is -3.46. The number of benzene rings is 1. The van der Waals surface area contributed by atoms with E-state index < -0.39 is 0 Å². The molecule has 1 aromatic heterocycles. The highest BCUT2D eigenvalue weighted by atomic mass is 16.6. The minimum Gasteiger partial charge on any atom is -0.444 e. The maximum absolute atomic E-state index is 12.0. The van der Waals surface area contributed by atoms with Gasteiger partial charge in [0.2, 0.25) is 11.9 Å². The molecule has 0 bridgehead atoms. The van der Waals surface area contributed by atoms with Gasteiger partial charge in [-0.05, 0) is 50.9 Å². The molecule has 0 radical (unpaired) electrons. The van der Waals surface area contributed by atoms with E-state index in [2.05, 4.69) is 65.0 Å². The van der Waals surface area contributed by atoms with Crippen LogP contribution >= 0.6 is 0 Å². The third-order valence-electron chi connectivity index (χ3n) is 6.82. The number of likely N-dealkylation sites (tertiary alicyclic amines) is 1. The number of cyclic esters (lactones) is 1. The van der Waals surface area contributed by atoms with Crippen LogP contribution in [0.15, 0.2) is 43.1 Å². The van der Waals surface area contributed by atoms with E-state index in [1.54, 1.807) is 6.20 Å². The summed E-state index contributed by atoms with van der Waals surface area (Å²) < 4.78 is 5.16. The Bertz CT molecular complexity index is 1070. The van der Waals surface area contributed by atoms with Crippen molar-refractivity contribution in [3.05, 3.63) is 59.8 Å². The van der Waals surface area contributed by atoms with Gasteiger partial charge in [0.1, 0.15) is 12.4 Å². The molecule has 3 heterocycles. The molecule has 1 atom stereocenters. The fourth-order valence-electron chi connectivity index (χ4n) is 4.65. The molecule has 2 aliphatic rings. The summed E-state index contributed by atoms with van der Waals surface area (Å²) in [5.74, 6) is 1.11. The van der Waals surface area contributed by atoms with Crippen LogP contribution in [0.4, 0.5) is 16.6 Å². The van der Waals surface area contributed by atoms with E-state index in [1.807, 2.05) is 11.8 Å². The van der Waals surface area contributed by atoms with E-state index in [0.29, 0.717) is 24.4 Å². The number of rotatable bonds is 8. The average molecular weight is 479 g/mol. The normalized spacial score (nSPS) is 17.1. The van der Waals surface area contributed by atoms with Gasteiger partial charge in [-0.25, -0.2) is 9.78 Å². The molecule has 9 nitrogen and oxygen atoms in total. The number of ether oxygens (including phenoxy) is 1. The van der Waals surface area contributed by atoms with Gasteiger partial charge in [-0.3, -0.25) is 14.6 Å². The number of carbonyl (C=O) groups is 2. The van der Waals surface area contributed by atoms with Crippen molar-refractivity contribution in [3.8, 4) is 0 Å². The predicted octanol–water partition coefficient (Wildman–Crippen LogP) is 3.74. The number of amides is 2. The van der Waals surface area contributed by atoms with Crippen LogP contribution < -0.4 is 10.2 Å². The zero-order valence-electron chi connectivity index (χ0n) is 20.7. The average Bonchev–Trinajstić information content (AvgIpc) is 2.88. The third kappa shape index (κ3) is 5.62. The molecule has 0 saturated carbocycles. The second-order valence-corrected chi connectivity index (χ2v) is 9.12. The molecular formula is C26H34N6O3. The summed E-state index contributed by atoms with van der Waals surface area (Å²) in [4.78, 5) is 38.6. The first kappa shape index (κ1) is 24.7. The standard InChI is InChI=1S/C26H34N6O3/c1-5-23(33)31-13-11-22(12-14-31)30(4)16-19-7-9-20(10-8-19)18(3)28-25-27-15-21-17-35-26(34)32(6-2)24(21)29-25/h5,7-10,15,18,22H,1,6,11-14,16-17H2,2-4H3,(H,27,28,29). The number of nitrogens with zero attached hydrogens (tertiary/aromatic N) is 5. The number of fused-ring (bicyclic) bond motifs is 1. The third-order valence-corrected chi connectivity index (χ3v) is 6.82. The zero-order chi connectivity index (χ0) is 24.9. The monoisotopic (exact) mass is 478 g/mol. The molecule has 1 aromatic carbocycles. The van der Waals surface area contributed by atoms with Crippen molar-refractivity contribution in [3.63, 3.8) is 0 Å². The van der Waals surface area contributed by atoms with Crippen LogP contribution in [0.1, 0.15) is 49.4 Å². The molecule has 2 aromatic rings. The number of hydrogen-bond donors (Lipinski definition) is 1. The molecule has 1 unspecified atom stereocenters. The van der Waals surface area contributed by atoms with Gasteiger partial charge in [-0.1, -0.05) is 30.8 Å². The van der Waals surface area contributed by atoms with Crippen LogP contribution in [-0.4, -0.2) is 64.5 Å². The summed E-state index contributed by atoms with van der Waals surface area (Å²) in [6.07, 6.45) is 4.68. The minimum absolute atomic E-state index is 0.00262. The zero-order valence-corrected chi connectivity index (χ0v) is 20.7. The Kier molecular flexibility index (Phi) is 7.65. The first-order valence-corrected chi connectivity index (χ1v) is 12.2. The number of aromatic nitrogens is 2. The van der Waals surface area contributed by atoms with Crippen molar-refractivity contribution in [1.82, 2.24) is 19.8 Å². The molecule has 1 N–H and O–H groups in total. The van der Waals surface area contributed by atoms with Crippen molar-refractivity contribution in [2.45, 2.75) is 51.9 Å². The lowest BCUT2D eigenvalue weighted by molar-refractivity contribution is -0.127. The number of hydrogen-bond acceptors (Lipinski definition) is 7. The highest BCUT2D eigenvalue weighted by Crippen LogP contribution is 2.27. The molecule has 9 heteroatoms. The Morgan fingerprint density at radius 1 is 1.31 bits per heavy atom. The van der Waals surface area contributed by atoms with Gasteiger partial charge < -0.3 is 15.0 Å². The molecule has 0 spiro atoms. The van der Waals surface area contributed by atoms with Crippen molar-refractivity contribution >= 4 is 23.8 Å². The van der Waals surface area contributed by atoms with Gasteiger partial charge in [0, 0.05) is 38.4 Å². The van der Waals surface area contributed by atoms with Crippen LogP contribution in [0.25, 0.3) is 0 Å². The Labute approximate surface area is 206 Å². The largest absolute Gasteiger partial charge is 0.444 e. The maximum atomic E-state index is 12.0. The molecule has 4 rings (SSSR count). The van der Waals surface area contributed by atoms with Crippen molar-refractivity contribution in [2.75, 3.05) is 36.9 Å². The van der Waals surface area contributed by atoms with Gasteiger partial charge in [0.25, 0.3) is 0 Å². The number of piperidine rings is 1. The van der Waals surface area contributed by atoms with Gasteiger partial charge in [-0.2, -0.15) is 4.98 Å².